The average Bonchev–Trinajstić information content (AvgIpc) is 2.33. The lowest BCUT2D eigenvalue weighted by atomic mass is 10.3. The molecule has 0 aromatic rings. The van der Waals surface area contributed by atoms with Gasteiger partial charge in [-0.15, -0.1) is 0 Å². The Kier molecular flexibility index (Phi) is 0.784. The molecule has 1 saturated carbocycles. The van der Waals surface area contributed by atoms with Gasteiger partial charge in [-0.25, -0.2) is 0 Å². The normalized spacial score (nSPS) is 45.7. The fourth-order valence-corrected chi connectivity index (χ4v) is 0.892. The quantitative estimate of drug-likeness (QED) is 0.513. The highest BCUT2D eigenvalue weighted by atomic mass is 16.3. The molecule has 1 rings (SSSR count). The van der Waals surface area contributed by atoms with Gasteiger partial charge in [0.1, 0.15) is 0 Å². The molecule has 0 aliphatic heterocycles. The molecular weight excluding hydrogens is 92.1 g/mol. The van der Waals surface area contributed by atoms with Crippen molar-refractivity contribution in [2.75, 3.05) is 0 Å². The summed E-state index contributed by atoms with van der Waals surface area (Å²) in [6.45, 7) is 0. The molecule has 0 bridgehead atoms. The Hall–Kier alpha value is -0.0800. The molecule has 2 heteroatoms. The van der Waals surface area contributed by atoms with E-state index in [-0.39, 0.29) is 12.2 Å². The van der Waals surface area contributed by atoms with Gasteiger partial charge in [-0.2, -0.15) is 0 Å². The molecule has 0 amide bonds. The highest BCUT2D eigenvalue weighted by Gasteiger charge is 2.21. The standard InChI is InChI=1S/C5H10O2/c6-4-2-1-3-5(4)7/h4-7H,1-3H2/t4-,5-/m1/s1/i6D,7D. The summed E-state index contributed by atoms with van der Waals surface area (Å²) in [5.41, 5.74) is 0. The minimum Gasteiger partial charge on any atom is -0.390 e. The van der Waals surface area contributed by atoms with Gasteiger partial charge in [0.05, 0.1) is 12.2 Å². The minimum atomic E-state index is -0.164. The van der Waals surface area contributed by atoms with Crippen LogP contribution in [0.15, 0.2) is 0 Å². The van der Waals surface area contributed by atoms with Gasteiger partial charge >= 0.3 is 0 Å². The fraction of sp³-hybridized carbons (Fsp3) is 1.00. The van der Waals surface area contributed by atoms with Crippen LogP contribution < -0.4 is 0 Å². The lowest BCUT2D eigenvalue weighted by Crippen LogP contribution is -2.17. The molecule has 0 radical (unpaired) electrons. The van der Waals surface area contributed by atoms with Crippen molar-refractivity contribution >= 4 is 0 Å². The van der Waals surface area contributed by atoms with Crippen LogP contribution in [0.25, 0.3) is 0 Å². The summed E-state index contributed by atoms with van der Waals surface area (Å²) < 4.78 is 13.1. The Morgan fingerprint density at radius 2 is 1.86 bits per heavy atom. The fourth-order valence-electron chi connectivity index (χ4n) is 0.892. The van der Waals surface area contributed by atoms with E-state index in [0.717, 1.165) is 19.3 Å². The Morgan fingerprint density at radius 1 is 1.29 bits per heavy atom. The summed E-state index contributed by atoms with van der Waals surface area (Å²) in [5.74, 6) is 0. The molecule has 1 aliphatic carbocycles. The first-order chi connectivity index (χ1) is 4.38. The largest absolute Gasteiger partial charge is 0.390 e. The molecule has 0 unspecified atom stereocenters. The first-order valence-corrected chi connectivity index (χ1v) is 2.62. The zero-order valence-electron chi connectivity index (χ0n) is 6.09. The second kappa shape index (κ2) is 1.80. The topological polar surface area (TPSA) is 40.5 Å². The zero-order chi connectivity index (χ0) is 6.69. The van der Waals surface area contributed by atoms with Crippen LogP contribution in [0.1, 0.15) is 19.3 Å². The van der Waals surface area contributed by atoms with Crippen molar-refractivity contribution < 1.29 is 10.2 Å². The molecular formula is C5H10O2. The van der Waals surface area contributed by atoms with E-state index in [9.17, 15) is 0 Å². The number of rotatable bonds is 2. The summed E-state index contributed by atoms with van der Waals surface area (Å²) in [6, 6.07) is 0. The molecule has 1 aliphatic rings. The first-order valence-electron chi connectivity index (χ1n) is 3.44. The predicted octanol–water partition coefficient (Wildman–Crippen LogP) is -0.108. The molecule has 42 valence electrons. The lowest BCUT2D eigenvalue weighted by molar-refractivity contribution is 0.0438. The van der Waals surface area contributed by atoms with Crippen molar-refractivity contribution in [3.63, 3.8) is 0 Å². The minimum absolute atomic E-state index is 0.164. The van der Waals surface area contributed by atoms with Crippen LogP contribution in [0.3, 0.4) is 0 Å². The number of aliphatic hydroxyl groups excluding tert-OH is 2. The van der Waals surface area contributed by atoms with E-state index < -0.39 is 0 Å². The molecule has 0 spiro atoms. The number of hydrogen-bond acceptors (Lipinski definition) is 2. The Bertz CT molecular complexity index is 79.0. The van der Waals surface area contributed by atoms with Gasteiger partial charge in [-0.3, -0.25) is 0 Å². The van der Waals surface area contributed by atoms with Gasteiger partial charge < -0.3 is 10.2 Å². The van der Waals surface area contributed by atoms with Crippen LogP contribution in [0.2, 0.25) is 0 Å². The van der Waals surface area contributed by atoms with Crippen molar-refractivity contribution in [2.24, 2.45) is 0 Å². The van der Waals surface area contributed by atoms with E-state index in [1.807, 2.05) is 0 Å². The van der Waals surface area contributed by atoms with Crippen LogP contribution in [0.4, 0.5) is 0 Å². The molecule has 2 nitrogen and oxygen atoms in total. The van der Waals surface area contributed by atoms with Crippen LogP contribution in [0, 0.1) is 0 Å². The third-order valence-corrected chi connectivity index (χ3v) is 1.39. The third-order valence-electron chi connectivity index (χ3n) is 1.39. The summed E-state index contributed by atoms with van der Waals surface area (Å²) >= 11 is 0. The third kappa shape index (κ3) is 0.924. The van der Waals surface area contributed by atoms with Crippen LogP contribution in [0.5, 0.6) is 0 Å². The molecule has 2 N–H and O–H groups in total. The highest BCUT2D eigenvalue weighted by molar-refractivity contribution is 4.74. The summed E-state index contributed by atoms with van der Waals surface area (Å²) in [5, 5.41) is 8.64. The maximum atomic E-state index is 6.57. The van der Waals surface area contributed by atoms with E-state index in [0.29, 0.717) is 0 Å². The molecule has 0 heterocycles. The van der Waals surface area contributed by atoms with Gasteiger partial charge in [0.2, 0.25) is 2.86 Å². The Labute approximate surface area is 45.8 Å². The summed E-state index contributed by atoms with van der Waals surface area (Å²) in [7, 11) is 0. The monoisotopic (exact) mass is 104 g/mol. The maximum Gasteiger partial charge on any atom is 0.211 e. The van der Waals surface area contributed by atoms with E-state index >= 15 is 0 Å². The Morgan fingerprint density at radius 3 is 2.29 bits per heavy atom. The van der Waals surface area contributed by atoms with Crippen LogP contribution in [-0.2, 0) is 0 Å². The van der Waals surface area contributed by atoms with Crippen LogP contribution in [-0.4, -0.2) is 25.3 Å². The maximum absolute atomic E-state index is 6.57. The van der Waals surface area contributed by atoms with Gasteiger partial charge in [-0.1, -0.05) is 0 Å². The smallest absolute Gasteiger partial charge is 0.211 e. The Balaban J connectivity index is 2.32. The van der Waals surface area contributed by atoms with Gasteiger partial charge in [-0.05, 0) is 19.3 Å². The zero-order valence-corrected chi connectivity index (χ0v) is 4.09. The second-order valence-corrected chi connectivity index (χ2v) is 2.01. The summed E-state index contributed by atoms with van der Waals surface area (Å²) in [4.78, 5) is 0. The molecule has 0 aromatic carbocycles. The second-order valence-electron chi connectivity index (χ2n) is 2.01. The SMILES string of the molecule is [2H]O[C@@H]1CCC[C@H]1O[2H]. The first kappa shape index (κ1) is 3.05. The molecule has 2 atom stereocenters. The average molecular weight is 104 g/mol. The highest BCUT2D eigenvalue weighted by Crippen LogP contribution is 2.17. The van der Waals surface area contributed by atoms with E-state index in [2.05, 4.69) is 10.2 Å². The van der Waals surface area contributed by atoms with Crippen molar-refractivity contribution in [1.29, 1.82) is 2.86 Å². The van der Waals surface area contributed by atoms with E-state index in [1.165, 1.54) is 0 Å². The number of aliphatic hydroxyl groups is 2. The molecule has 0 aromatic heterocycles. The van der Waals surface area contributed by atoms with Crippen molar-refractivity contribution in [2.45, 2.75) is 31.5 Å². The summed E-state index contributed by atoms with van der Waals surface area (Å²) in [6.07, 6.45) is 2.39. The van der Waals surface area contributed by atoms with Gasteiger partial charge in [0.25, 0.3) is 0 Å². The van der Waals surface area contributed by atoms with Gasteiger partial charge in [0.15, 0.2) is 0 Å². The molecule has 1 fully saturated rings. The molecule has 7 heavy (non-hydrogen) atoms. The van der Waals surface area contributed by atoms with Crippen molar-refractivity contribution in [3.8, 4) is 0 Å². The molecule has 0 saturated heterocycles. The van der Waals surface area contributed by atoms with Crippen LogP contribution >= 0.6 is 0 Å². The predicted molar refractivity (Wildman–Crippen MR) is 25.9 cm³/mol. The van der Waals surface area contributed by atoms with Gasteiger partial charge in [0, 0.05) is 0 Å². The number of hydrogen-bond donors (Lipinski definition) is 2. The van der Waals surface area contributed by atoms with E-state index in [1.54, 1.807) is 0 Å². The van der Waals surface area contributed by atoms with E-state index in [4.69, 9.17) is 2.86 Å². The lowest BCUT2D eigenvalue weighted by Gasteiger charge is -2.03. The van der Waals surface area contributed by atoms with Crippen molar-refractivity contribution in [1.82, 2.24) is 0 Å². The van der Waals surface area contributed by atoms with Crippen molar-refractivity contribution in [3.05, 3.63) is 0 Å².